The van der Waals surface area contributed by atoms with Gasteiger partial charge in [-0.15, -0.1) is 0 Å². The molecule has 1 aliphatic carbocycles. The summed E-state index contributed by atoms with van der Waals surface area (Å²) in [4.78, 5) is 16.0. The number of likely N-dealkylation sites (tertiary alicyclic amines) is 1. The number of hydrogen-bond acceptors (Lipinski definition) is 7. The van der Waals surface area contributed by atoms with Crippen LogP contribution in [0.15, 0.2) is 18.1 Å². The van der Waals surface area contributed by atoms with Crippen molar-refractivity contribution in [2.24, 2.45) is 11.3 Å². The zero-order valence-electron chi connectivity index (χ0n) is 23.3. The van der Waals surface area contributed by atoms with Crippen molar-refractivity contribution in [2.75, 3.05) is 51.3 Å². The Bertz CT molecular complexity index is 1280. The highest BCUT2D eigenvalue weighted by Gasteiger charge is 2.56. The average molecular weight is 485 g/mol. The summed E-state index contributed by atoms with van der Waals surface area (Å²) in [7, 11) is 0. The van der Waals surface area contributed by atoms with E-state index in [1.54, 1.807) is 11.8 Å². The maximum atomic E-state index is 14.6. The van der Waals surface area contributed by atoms with Crippen molar-refractivity contribution in [2.45, 2.75) is 32.5 Å². The summed E-state index contributed by atoms with van der Waals surface area (Å²) >= 11 is 6.25. The first-order chi connectivity index (χ1) is 17.8. The smallest absolute Gasteiger partial charge is 0.318 e. The van der Waals surface area contributed by atoms with E-state index >= 15 is 0 Å². The van der Waals surface area contributed by atoms with Gasteiger partial charge in [0.25, 0.3) is 0 Å². The van der Waals surface area contributed by atoms with Gasteiger partial charge >= 0.3 is 6.01 Å². The fourth-order valence-electron chi connectivity index (χ4n) is 4.63. The van der Waals surface area contributed by atoms with Crippen molar-refractivity contribution in [3.63, 3.8) is 0 Å². The van der Waals surface area contributed by atoms with Crippen molar-refractivity contribution in [1.29, 1.82) is 0 Å². The Morgan fingerprint density at radius 3 is 3.09 bits per heavy atom. The minimum atomic E-state index is -2.63. The largest absolute Gasteiger partial charge is 0.462 e. The van der Waals surface area contributed by atoms with Crippen molar-refractivity contribution >= 4 is 28.3 Å². The lowest BCUT2D eigenvalue weighted by Crippen LogP contribution is -2.44. The van der Waals surface area contributed by atoms with Gasteiger partial charge in [0.15, 0.2) is 0 Å². The van der Waals surface area contributed by atoms with Gasteiger partial charge in [0.2, 0.25) is 0 Å². The summed E-state index contributed by atoms with van der Waals surface area (Å²) in [5.74, 6) is -0.0168. The van der Waals surface area contributed by atoms with E-state index in [-0.39, 0.29) is 48.8 Å². The van der Waals surface area contributed by atoms with Gasteiger partial charge in [-0.1, -0.05) is 18.5 Å². The normalized spacial score (nSPS) is 34.6. The van der Waals surface area contributed by atoms with E-state index in [9.17, 15) is 8.78 Å². The zero-order chi connectivity index (χ0) is 27.6. The van der Waals surface area contributed by atoms with Crippen LogP contribution in [0.4, 0.5) is 14.6 Å². The molecule has 2 aromatic heterocycles. The standard InChI is InChI=1S/C23H28ClF2N5O2/c1-13-18-15(9-27-20(13)24)21(31-6-7-32-10-16-17(26)19(16)31)29-22(28-18)33-12-23(2)11-30(3)5-4-14(23)8-25/h8-9,16-17,19H,4-7,10-12H2,1-3H3/b14-8+/t16-,17-,19-,23-/m0/s1/i3D3,12D2. The van der Waals surface area contributed by atoms with Crippen LogP contribution in [0.25, 0.3) is 10.9 Å². The van der Waals surface area contributed by atoms with Crippen LogP contribution in [0, 0.1) is 18.3 Å². The summed E-state index contributed by atoms with van der Waals surface area (Å²) in [5, 5.41) is 0.666. The molecule has 3 aliphatic rings. The maximum absolute atomic E-state index is 14.6. The molecule has 2 saturated heterocycles. The third-order valence-corrected chi connectivity index (χ3v) is 7.08. The quantitative estimate of drug-likeness (QED) is 0.612. The summed E-state index contributed by atoms with van der Waals surface area (Å²) in [6, 6.07) is -0.841. The molecule has 4 atom stereocenters. The molecule has 0 N–H and O–H groups in total. The summed E-state index contributed by atoms with van der Waals surface area (Å²) in [6.45, 7) is -1.33. The first-order valence-electron chi connectivity index (χ1n) is 13.3. The molecule has 1 saturated carbocycles. The topological polar surface area (TPSA) is 63.6 Å². The minimum Gasteiger partial charge on any atom is -0.462 e. The predicted octanol–water partition coefficient (Wildman–Crippen LogP) is 3.73. The molecule has 0 bridgehead atoms. The van der Waals surface area contributed by atoms with Gasteiger partial charge in [-0.25, -0.2) is 13.8 Å². The van der Waals surface area contributed by atoms with Crippen molar-refractivity contribution < 1.29 is 25.1 Å². The van der Waals surface area contributed by atoms with Crippen LogP contribution in [0.2, 0.25) is 5.15 Å². The molecule has 0 aromatic carbocycles. The maximum Gasteiger partial charge on any atom is 0.318 e. The number of pyridine rings is 1. The summed E-state index contributed by atoms with van der Waals surface area (Å²) in [6.07, 6.45) is 0.691. The molecule has 33 heavy (non-hydrogen) atoms. The number of aromatic nitrogens is 3. The summed E-state index contributed by atoms with van der Waals surface area (Å²) < 4.78 is 80.9. The SMILES string of the molecule is [2H]C([2H])([2H])N1CC/C(=C\F)[C@](C)(C([2H])([2H])Oc2nc(N3CCOC[C@H]4[C@H](F)[C@H]43)c3cnc(Cl)c(C)c3n2)C1. The number of rotatable bonds is 4. The first-order valence-corrected chi connectivity index (χ1v) is 11.2. The van der Waals surface area contributed by atoms with Crippen LogP contribution in [0.3, 0.4) is 0 Å². The number of aryl methyl sites for hydroxylation is 1. The number of hydrogen-bond donors (Lipinski definition) is 0. The van der Waals surface area contributed by atoms with Crippen molar-refractivity contribution in [1.82, 2.24) is 19.9 Å². The number of fused-ring (bicyclic) bond motifs is 2. The molecule has 4 heterocycles. The van der Waals surface area contributed by atoms with Gasteiger partial charge in [-0.2, -0.15) is 9.97 Å². The van der Waals surface area contributed by atoms with Crippen LogP contribution in [-0.2, 0) is 4.74 Å². The van der Waals surface area contributed by atoms with E-state index < -0.39 is 31.2 Å². The van der Waals surface area contributed by atoms with Crippen LogP contribution in [-0.4, -0.2) is 78.4 Å². The molecule has 7 nitrogen and oxygen atoms in total. The van der Waals surface area contributed by atoms with Crippen molar-refractivity contribution in [3.05, 3.63) is 28.8 Å². The molecular weight excluding hydrogens is 452 g/mol. The van der Waals surface area contributed by atoms with E-state index in [2.05, 4.69) is 15.0 Å². The minimum absolute atomic E-state index is 0.00715. The zero-order valence-corrected chi connectivity index (χ0v) is 19.1. The average Bonchev–Trinajstić information content (AvgIpc) is 3.54. The summed E-state index contributed by atoms with van der Waals surface area (Å²) in [5.41, 5.74) is -0.758. The number of anilines is 1. The van der Waals surface area contributed by atoms with E-state index in [4.69, 9.17) is 27.9 Å². The van der Waals surface area contributed by atoms with E-state index in [0.717, 1.165) is 4.90 Å². The Balaban J connectivity index is 1.58. The molecule has 5 rings (SSSR count). The van der Waals surface area contributed by atoms with Crippen LogP contribution < -0.4 is 9.64 Å². The number of alkyl halides is 1. The number of piperidine rings is 1. The molecular formula is C23H28ClF2N5O2. The van der Waals surface area contributed by atoms with Gasteiger partial charge in [0.05, 0.1) is 39.2 Å². The molecule has 10 heteroatoms. The van der Waals surface area contributed by atoms with Crippen LogP contribution in [0.5, 0.6) is 6.01 Å². The Morgan fingerprint density at radius 2 is 2.30 bits per heavy atom. The van der Waals surface area contributed by atoms with Gasteiger partial charge in [0.1, 0.15) is 23.7 Å². The molecule has 0 radical (unpaired) electrons. The highest BCUT2D eigenvalue weighted by Crippen LogP contribution is 2.44. The van der Waals surface area contributed by atoms with Gasteiger partial charge < -0.3 is 19.3 Å². The highest BCUT2D eigenvalue weighted by molar-refractivity contribution is 6.31. The Morgan fingerprint density at radius 1 is 1.45 bits per heavy atom. The van der Waals surface area contributed by atoms with Crippen LogP contribution >= 0.6 is 11.6 Å². The third-order valence-electron chi connectivity index (χ3n) is 6.69. The van der Waals surface area contributed by atoms with Gasteiger partial charge in [0, 0.05) is 46.8 Å². The van der Waals surface area contributed by atoms with Crippen LogP contribution in [0.1, 0.15) is 25.8 Å². The van der Waals surface area contributed by atoms with Gasteiger partial charge in [-0.05, 0) is 25.9 Å². The second-order valence-corrected chi connectivity index (χ2v) is 9.33. The lowest BCUT2D eigenvalue weighted by atomic mass is 9.78. The first kappa shape index (κ1) is 17.4. The number of ether oxygens (including phenoxy) is 2. The van der Waals surface area contributed by atoms with E-state index in [0.29, 0.717) is 41.8 Å². The fraction of sp³-hybridized carbons (Fsp3) is 0.609. The molecule has 2 aromatic rings. The molecule has 0 amide bonds. The highest BCUT2D eigenvalue weighted by atomic mass is 35.5. The third kappa shape index (κ3) is 4.04. The molecule has 178 valence electrons. The van der Waals surface area contributed by atoms with Gasteiger partial charge in [-0.3, -0.25) is 0 Å². The monoisotopic (exact) mass is 484 g/mol. The van der Waals surface area contributed by atoms with Crippen molar-refractivity contribution in [3.8, 4) is 6.01 Å². The Labute approximate surface area is 203 Å². The Hall–Kier alpha value is -2.10. The predicted molar refractivity (Wildman–Crippen MR) is 122 cm³/mol. The molecule has 0 spiro atoms. The van der Waals surface area contributed by atoms with E-state index in [1.807, 2.05) is 0 Å². The lowest BCUT2D eigenvalue weighted by Gasteiger charge is -2.40. The lowest BCUT2D eigenvalue weighted by molar-refractivity contribution is 0.109. The molecule has 3 fully saturated rings. The number of halogens is 3. The second kappa shape index (κ2) is 8.60. The molecule has 2 aliphatic heterocycles. The fourth-order valence-corrected chi connectivity index (χ4v) is 4.77. The van der Waals surface area contributed by atoms with E-state index in [1.165, 1.54) is 13.1 Å². The Kier molecular flexibility index (Phi) is 4.52. The number of nitrogens with zero attached hydrogens (tertiary/aromatic N) is 5. The second-order valence-electron chi connectivity index (χ2n) is 8.98. The molecule has 0 unspecified atom stereocenters.